The minimum absolute atomic E-state index is 0.105. The fraction of sp³-hybridized carbons (Fsp3) is 0.222. The zero-order valence-electron chi connectivity index (χ0n) is 15.5. The largest absolute Gasteiger partial charge is 0.365 e. The summed E-state index contributed by atoms with van der Waals surface area (Å²) in [6, 6.07) is 9.31. The molecule has 9 nitrogen and oxygen atoms in total. The van der Waals surface area contributed by atoms with Crippen molar-refractivity contribution in [2.75, 3.05) is 0 Å². The predicted octanol–water partition coefficient (Wildman–Crippen LogP) is 3.05. The van der Waals surface area contributed by atoms with E-state index in [-0.39, 0.29) is 18.4 Å². The van der Waals surface area contributed by atoms with Gasteiger partial charge in [-0.05, 0) is 41.5 Å². The molecule has 1 aliphatic heterocycles. The van der Waals surface area contributed by atoms with Crippen LogP contribution >= 0.6 is 21.6 Å². The lowest BCUT2D eigenvalue weighted by Gasteiger charge is -2.19. The van der Waals surface area contributed by atoms with E-state index in [1.807, 2.05) is 6.07 Å². The maximum Gasteiger partial charge on any atom is 0.365 e. The average Bonchev–Trinajstić information content (AvgIpc) is 3.03. The van der Waals surface area contributed by atoms with Crippen LogP contribution in [0, 0.1) is 0 Å². The standard InChI is InChI=1S/C18H16N2O7S3/c1-11(28-29-14-7-2-3-10-19-14)12-5-4-6-13(30(24,25)26)17(12)18(23)27-20-15(21)8-9-16(20)22/h2-7,10-11H,8-9H2,1H3,(H,24,25,26). The van der Waals surface area contributed by atoms with E-state index in [2.05, 4.69) is 4.98 Å². The van der Waals surface area contributed by atoms with Gasteiger partial charge in [-0.25, -0.2) is 9.78 Å². The third-order valence-electron chi connectivity index (χ3n) is 4.07. The van der Waals surface area contributed by atoms with Gasteiger partial charge >= 0.3 is 5.97 Å². The second-order valence-corrected chi connectivity index (χ2v) is 10.1. The average molecular weight is 469 g/mol. The number of benzene rings is 1. The number of carbonyl (C=O) groups excluding carboxylic acids is 3. The summed E-state index contributed by atoms with van der Waals surface area (Å²) in [7, 11) is -2.17. The SMILES string of the molecule is CC(SSc1ccccn1)c1cccc(S(=O)(=O)O)c1C(=O)ON1C(=O)CCC1=O. The highest BCUT2D eigenvalue weighted by atomic mass is 33.1. The van der Waals surface area contributed by atoms with Crippen LogP contribution in [0.15, 0.2) is 52.5 Å². The van der Waals surface area contributed by atoms with Crippen molar-refractivity contribution in [3.05, 3.63) is 53.7 Å². The summed E-state index contributed by atoms with van der Waals surface area (Å²) in [6.45, 7) is 1.73. The first-order valence-electron chi connectivity index (χ1n) is 8.61. The third-order valence-corrected chi connectivity index (χ3v) is 7.69. The van der Waals surface area contributed by atoms with Crippen LogP contribution in [-0.2, 0) is 24.5 Å². The lowest BCUT2D eigenvalue weighted by molar-refractivity contribution is -0.172. The molecule has 158 valence electrons. The van der Waals surface area contributed by atoms with Crippen LogP contribution in [0.2, 0.25) is 0 Å². The van der Waals surface area contributed by atoms with E-state index in [4.69, 9.17) is 4.84 Å². The molecular weight excluding hydrogens is 452 g/mol. The zero-order valence-corrected chi connectivity index (χ0v) is 18.0. The van der Waals surface area contributed by atoms with Gasteiger partial charge in [0, 0.05) is 24.3 Å². The summed E-state index contributed by atoms with van der Waals surface area (Å²) >= 11 is 0. The highest BCUT2D eigenvalue weighted by Crippen LogP contribution is 2.43. The molecule has 0 saturated carbocycles. The fourth-order valence-corrected chi connectivity index (χ4v) is 5.50. The van der Waals surface area contributed by atoms with Gasteiger partial charge in [0.1, 0.15) is 9.92 Å². The first kappa shape index (κ1) is 22.3. The molecule has 0 aliphatic carbocycles. The van der Waals surface area contributed by atoms with Crippen LogP contribution < -0.4 is 0 Å². The van der Waals surface area contributed by atoms with E-state index in [1.54, 1.807) is 25.3 Å². The Morgan fingerprint density at radius 1 is 1.17 bits per heavy atom. The Morgan fingerprint density at radius 2 is 1.87 bits per heavy atom. The van der Waals surface area contributed by atoms with Gasteiger partial charge < -0.3 is 4.84 Å². The van der Waals surface area contributed by atoms with Crippen molar-refractivity contribution in [1.82, 2.24) is 10.0 Å². The second-order valence-electron chi connectivity index (χ2n) is 6.15. The molecule has 12 heteroatoms. The smallest absolute Gasteiger partial charge is 0.325 e. The van der Waals surface area contributed by atoms with Crippen molar-refractivity contribution >= 4 is 49.5 Å². The van der Waals surface area contributed by atoms with E-state index in [0.717, 1.165) is 6.07 Å². The molecule has 1 fully saturated rings. The summed E-state index contributed by atoms with van der Waals surface area (Å²) in [4.78, 5) is 44.7. The predicted molar refractivity (Wildman–Crippen MR) is 109 cm³/mol. The maximum atomic E-state index is 12.8. The summed E-state index contributed by atoms with van der Waals surface area (Å²) < 4.78 is 33.3. The number of amides is 2. The number of hydrogen-bond acceptors (Lipinski definition) is 9. The molecule has 1 aromatic carbocycles. The number of nitrogens with zero attached hydrogens (tertiary/aromatic N) is 2. The normalized spacial score (nSPS) is 15.3. The van der Waals surface area contributed by atoms with Gasteiger partial charge in [-0.3, -0.25) is 14.1 Å². The van der Waals surface area contributed by atoms with Gasteiger partial charge in [0.2, 0.25) is 0 Å². The van der Waals surface area contributed by atoms with Gasteiger partial charge in [0.05, 0.1) is 5.56 Å². The second kappa shape index (κ2) is 9.16. The molecule has 1 atom stereocenters. The molecule has 1 aromatic heterocycles. The Labute approximate surface area is 180 Å². The van der Waals surface area contributed by atoms with Crippen LogP contribution in [0.3, 0.4) is 0 Å². The Kier molecular flexibility index (Phi) is 6.81. The number of rotatable bonds is 7. The van der Waals surface area contributed by atoms with Crippen molar-refractivity contribution in [1.29, 1.82) is 0 Å². The van der Waals surface area contributed by atoms with Crippen molar-refractivity contribution in [2.24, 2.45) is 0 Å². The van der Waals surface area contributed by atoms with Gasteiger partial charge in [0.25, 0.3) is 21.9 Å². The van der Waals surface area contributed by atoms with Crippen LogP contribution in [0.4, 0.5) is 0 Å². The van der Waals surface area contributed by atoms with E-state index in [0.29, 0.717) is 10.1 Å². The molecular formula is C18H16N2O7S3. The van der Waals surface area contributed by atoms with Crippen LogP contribution in [0.25, 0.3) is 0 Å². The van der Waals surface area contributed by atoms with Gasteiger partial charge in [-0.15, -0.1) is 5.06 Å². The maximum absolute atomic E-state index is 12.8. The summed E-state index contributed by atoms with van der Waals surface area (Å²) in [5.41, 5.74) is -0.184. The molecule has 0 bridgehead atoms. The van der Waals surface area contributed by atoms with Crippen LogP contribution in [0.1, 0.15) is 40.9 Å². The van der Waals surface area contributed by atoms with E-state index >= 15 is 0 Å². The molecule has 2 amide bonds. The number of pyridine rings is 1. The fourth-order valence-electron chi connectivity index (χ4n) is 2.68. The Balaban J connectivity index is 1.93. The lowest BCUT2D eigenvalue weighted by Crippen LogP contribution is -2.33. The highest BCUT2D eigenvalue weighted by molar-refractivity contribution is 8.76. The van der Waals surface area contributed by atoms with Crippen molar-refractivity contribution in [2.45, 2.75) is 34.9 Å². The Bertz CT molecular complexity index is 1070. The lowest BCUT2D eigenvalue weighted by atomic mass is 10.1. The first-order chi connectivity index (χ1) is 14.2. The topological polar surface area (TPSA) is 131 Å². The number of hydroxylamine groups is 2. The van der Waals surface area contributed by atoms with E-state index in [1.165, 1.54) is 33.7 Å². The molecule has 1 N–H and O–H groups in total. The molecule has 0 spiro atoms. The zero-order chi connectivity index (χ0) is 21.9. The van der Waals surface area contributed by atoms with Crippen molar-refractivity contribution in [3.8, 4) is 0 Å². The van der Waals surface area contributed by atoms with Crippen molar-refractivity contribution in [3.63, 3.8) is 0 Å². The molecule has 30 heavy (non-hydrogen) atoms. The molecule has 1 aliphatic rings. The summed E-state index contributed by atoms with van der Waals surface area (Å²) in [6.07, 6.45) is 1.41. The summed E-state index contributed by atoms with van der Waals surface area (Å²) in [5.74, 6) is -2.63. The molecule has 1 saturated heterocycles. The van der Waals surface area contributed by atoms with Gasteiger partial charge in [-0.1, -0.05) is 29.0 Å². The first-order valence-corrected chi connectivity index (χ1v) is 12.3. The molecule has 1 unspecified atom stereocenters. The van der Waals surface area contributed by atoms with Crippen LogP contribution in [-0.4, -0.2) is 40.8 Å². The van der Waals surface area contributed by atoms with E-state index in [9.17, 15) is 27.4 Å². The molecule has 0 radical (unpaired) electrons. The number of hydrogen-bond donors (Lipinski definition) is 1. The van der Waals surface area contributed by atoms with Gasteiger partial charge in [0.15, 0.2) is 0 Å². The molecule has 2 aromatic rings. The monoisotopic (exact) mass is 468 g/mol. The van der Waals surface area contributed by atoms with Crippen molar-refractivity contribution < 1.29 is 32.2 Å². The number of aromatic nitrogens is 1. The molecule has 2 heterocycles. The third kappa shape index (κ3) is 5.01. The minimum Gasteiger partial charge on any atom is -0.325 e. The highest BCUT2D eigenvalue weighted by Gasteiger charge is 2.36. The Morgan fingerprint density at radius 3 is 2.47 bits per heavy atom. The molecule has 3 rings (SSSR count). The minimum atomic E-state index is -4.78. The Hall–Kier alpha value is -2.41. The number of imide groups is 1. The van der Waals surface area contributed by atoms with Gasteiger partial charge in [-0.2, -0.15) is 8.42 Å². The quantitative estimate of drug-likeness (QED) is 0.367. The van der Waals surface area contributed by atoms with E-state index < -0.39 is 43.6 Å². The summed E-state index contributed by atoms with van der Waals surface area (Å²) in [5, 5.41) is 0.594. The number of carbonyl (C=O) groups is 3. The van der Waals surface area contributed by atoms with Crippen LogP contribution in [0.5, 0.6) is 0 Å².